The summed E-state index contributed by atoms with van der Waals surface area (Å²) in [6, 6.07) is 10.7. The molecule has 0 saturated heterocycles. The van der Waals surface area contributed by atoms with E-state index in [1.165, 1.54) is 0 Å². The van der Waals surface area contributed by atoms with E-state index in [4.69, 9.17) is 9.15 Å². The van der Waals surface area contributed by atoms with E-state index in [0.717, 1.165) is 12.0 Å². The van der Waals surface area contributed by atoms with Crippen molar-refractivity contribution in [2.75, 3.05) is 18.7 Å². The first-order chi connectivity index (χ1) is 10.9. The molecule has 0 spiro atoms. The van der Waals surface area contributed by atoms with Crippen molar-refractivity contribution in [3.8, 4) is 5.75 Å². The molecule has 0 atom stereocenters. The molecule has 23 heavy (non-hydrogen) atoms. The van der Waals surface area contributed by atoms with Crippen LogP contribution in [0, 0.1) is 6.92 Å². The molecule has 0 aliphatic heterocycles. The van der Waals surface area contributed by atoms with E-state index in [2.05, 4.69) is 15.0 Å². The van der Waals surface area contributed by atoms with Gasteiger partial charge in [0.1, 0.15) is 23.8 Å². The molecular weight excluding hydrogens is 318 g/mol. The number of benzene rings is 1. The average Bonchev–Trinajstić information content (AvgIpc) is 2.90. The van der Waals surface area contributed by atoms with Gasteiger partial charge in [0.25, 0.3) is 0 Å². The molecule has 2 N–H and O–H groups in total. The Labute approximate surface area is 135 Å². The minimum atomic E-state index is -3.45. The lowest BCUT2D eigenvalue weighted by atomic mass is 10.3. The zero-order chi connectivity index (χ0) is 16.9. The quantitative estimate of drug-likeness (QED) is 0.644. The summed E-state index contributed by atoms with van der Waals surface area (Å²) in [4.78, 5) is 4.22. The molecule has 0 aliphatic carbocycles. The molecule has 2 rings (SSSR count). The Morgan fingerprint density at radius 1 is 1.22 bits per heavy atom. The topological polar surface area (TPSA) is 92.9 Å². The van der Waals surface area contributed by atoms with Crippen LogP contribution < -0.4 is 14.8 Å². The highest BCUT2D eigenvalue weighted by atomic mass is 32.2. The molecular formula is C15H19N3O4S. The maximum atomic E-state index is 11.5. The van der Waals surface area contributed by atoms with Gasteiger partial charge in [-0.15, -0.1) is 0 Å². The highest BCUT2D eigenvalue weighted by molar-refractivity contribution is 7.89. The highest BCUT2D eigenvalue weighted by Gasteiger charge is 2.08. The van der Waals surface area contributed by atoms with Crippen LogP contribution in [0.2, 0.25) is 0 Å². The summed E-state index contributed by atoms with van der Waals surface area (Å²) in [5.41, 5.74) is 0.677. The molecule has 1 aromatic heterocycles. The number of nitrogens with zero attached hydrogens (tertiary/aromatic N) is 1. The molecule has 0 saturated carbocycles. The first-order valence-corrected chi connectivity index (χ1v) is 8.73. The fourth-order valence-electron chi connectivity index (χ4n) is 1.81. The largest absolute Gasteiger partial charge is 0.497 e. The Morgan fingerprint density at radius 3 is 2.43 bits per heavy atom. The van der Waals surface area contributed by atoms with Gasteiger partial charge >= 0.3 is 0 Å². The van der Waals surface area contributed by atoms with Crippen molar-refractivity contribution in [3.63, 3.8) is 0 Å². The van der Waals surface area contributed by atoms with Crippen molar-refractivity contribution in [3.05, 3.63) is 47.9 Å². The van der Waals surface area contributed by atoms with Crippen LogP contribution in [-0.4, -0.2) is 27.7 Å². The maximum Gasteiger partial charge on any atom is 0.232 e. The molecule has 0 fully saturated rings. The van der Waals surface area contributed by atoms with Crippen LogP contribution in [0.15, 0.2) is 45.8 Å². The zero-order valence-electron chi connectivity index (χ0n) is 13.2. The third kappa shape index (κ3) is 5.67. The molecule has 2 aromatic rings. The van der Waals surface area contributed by atoms with Crippen molar-refractivity contribution < 1.29 is 17.6 Å². The van der Waals surface area contributed by atoms with Crippen molar-refractivity contribution in [2.45, 2.75) is 13.5 Å². The number of furan rings is 1. The van der Waals surface area contributed by atoms with Crippen LogP contribution in [0.1, 0.15) is 11.5 Å². The Bertz CT molecular complexity index is 779. The lowest BCUT2D eigenvalue weighted by molar-refractivity contribution is 0.415. The van der Waals surface area contributed by atoms with Gasteiger partial charge in [-0.25, -0.2) is 13.4 Å². The smallest absolute Gasteiger partial charge is 0.232 e. The number of anilines is 1. The van der Waals surface area contributed by atoms with Gasteiger partial charge in [0.2, 0.25) is 16.0 Å². The molecule has 8 heteroatoms. The van der Waals surface area contributed by atoms with Gasteiger partial charge < -0.3 is 14.5 Å². The number of guanidine groups is 1. The normalized spacial score (nSPS) is 12.0. The van der Waals surface area contributed by atoms with Gasteiger partial charge in [0.15, 0.2) is 0 Å². The van der Waals surface area contributed by atoms with Crippen LogP contribution in [0.5, 0.6) is 5.75 Å². The van der Waals surface area contributed by atoms with E-state index in [-0.39, 0.29) is 12.5 Å². The number of hydrogen-bond donors (Lipinski definition) is 2. The van der Waals surface area contributed by atoms with Crippen molar-refractivity contribution >= 4 is 21.7 Å². The Hall–Kier alpha value is -2.48. The van der Waals surface area contributed by atoms with Crippen LogP contribution in [0.4, 0.5) is 5.69 Å². The van der Waals surface area contributed by atoms with E-state index in [0.29, 0.717) is 17.2 Å². The first kappa shape index (κ1) is 16.9. The summed E-state index contributed by atoms with van der Waals surface area (Å²) < 4.78 is 35.8. The second kappa shape index (κ2) is 7.19. The summed E-state index contributed by atoms with van der Waals surface area (Å²) >= 11 is 0. The van der Waals surface area contributed by atoms with Gasteiger partial charge in [-0.05, 0) is 43.3 Å². The molecule has 0 bridgehead atoms. The average molecular weight is 337 g/mol. The standard InChI is InChI=1S/C15H19N3O4S/c1-11-4-7-14(22-11)10-16-15(18-23(3,19)20)17-12-5-8-13(21-2)9-6-12/h4-9H,10H2,1-3H3,(H2,16,17,18). The fraction of sp³-hybridized carbons (Fsp3) is 0.267. The summed E-state index contributed by atoms with van der Waals surface area (Å²) in [5, 5.41) is 2.93. The molecule has 0 amide bonds. The van der Waals surface area contributed by atoms with Gasteiger partial charge in [-0.2, -0.15) is 0 Å². The van der Waals surface area contributed by atoms with Gasteiger partial charge in [0.05, 0.1) is 13.4 Å². The van der Waals surface area contributed by atoms with Crippen LogP contribution >= 0.6 is 0 Å². The monoisotopic (exact) mass is 337 g/mol. The molecule has 1 heterocycles. The van der Waals surface area contributed by atoms with E-state index in [1.807, 2.05) is 13.0 Å². The van der Waals surface area contributed by atoms with Crippen LogP contribution in [-0.2, 0) is 16.6 Å². The van der Waals surface area contributed by atoms with Crippen LogP contribution in [0.3, 0.4) is 0 Å². The molecule has 7 nitrogen and oxygen atoms in total. The lowest BCUT2D eigenvalue weighted by Gasteiger charge is -2.11. The van der Waals surface area contributed by atoms with Crippen molar-refractivity contribution in [1.29, 1.82) is 0 Å². The van der Waals surface area contributed by atoms with E-state index in [1.54, 1.807) is 37.4 Å². The van der Waals surface area contributed by atoms with Gasteiger partial charge in [-0.3, -0.25) is 4.72 Å². The predicted molar refractivity (Wildman–Crippen MR) is 89.2 cm³/mol. The Balaban J connectivity index is 2.15. The number of hydrogen-bond acceptors (Lipinski definition) is 5. The second-order valence-corrected chi connectivity index (χ2v) is 6.65. The number of aliphatic imine (C=N–C) groups is 1. The summed E-state index contributed by atoms with van der Waals surface area (Å²) in [5.74, 6) is 2.24. The van der Waals surface area contributed by atoms with Crippen LogP contribution in [0.25, 0.3) is 0 Å². The lowest BCUT2D eigenvalue weighted by Crippen LogP contribution is -2.35. The summed E-state index contributed by atoms with van der Waals surface area (Å²) in [6.45, 7) is 2.05. The minimum Gasteiger partial charge on any atom is -0.497 e. The third-order valence-corrected chi connectivity index (χ3v) is 3.39. The Kier molecular flexibility index (Phi) is 5.28. The third-order valence-electron chi connectivity index (χ3n) is 2.82. The number of rotatable bonds is 5. The van der Waals surface area contributed by atoms with E-state index < -0.39 is 10.0 Å². The zero-order valence-corrected chi connectivity index (χ0v) is 14.0. The molecule has 124 valence electrons. The first-order valence-electron chi connectivity index (χ1n) is 6.84. The summed E-state index contributed by atoms with van der Waals surface area (Å²) in [7, 11) is -1.88. The van der Waals surface area contributed by atoms with E-state index in [9.17, 15) is 8.42 Å². The number of aryl methyl sites for hydroxylation is 1. The number of ether oxygens (including phenoxy) is 1. The molecule has 0 radical (unpaired) electrons. The van der Waals surface area contributed by atoms with Gasteiger partial charge in [0, 0.05) is 5.69 Å². The fourth-order valence-corrected chi connectivity index (χ4v) is 2.28. The predicted octanol–water partition coefficient (Wildman–Crippen LogP) is 2.11. The maximum absolute atomic E-state index is 11.5. The van der Waals surface area contributed by atoms with Crippen molar-refractivity contribution in [1.82, 2.24) is 4.72 Å². The molecule has 1 aromatic carbocycles. The summed E-state index contributed by atoms with van der Waals surface area (Å²) in [6.07, 6.45) is 1.06. The molecule has 0 aliphatic rings. The van der Waals surface area contributed by atoms with Crippen molar-refractivity contribution in [2.24, 2.45) is 4.99 Å². The number of methoxy groups -OCH3 is 1. The highest BCUT2D eigenvalue weighted by Crippen LogP contribution is 2.15. The second-order valence-electron chi connectivity index (χ2n) is 4.90. The Morgan fingerprint density at radius 2 is 1.91 bits per heavy atom. The number of sulfonamides is 1. The number of nitrogens with one attached hydrogen (secondary N) is 2. The van der Waals surface area contributed by atoms with Gasteiger partial charge in [-0.1, -0.05) is 0 Å². The minimum absolute atomic E-state index is 0.117. The SMILES string of the molecule is COc1ccc(NC(=NCc2ccc(C)o2)NS(C)(=O)=O)cc1. The van der Waals surface area contributed by atoms with E-state index >= 15 is 0 Å². The molecule has 0 unspecified atom stereocenters.